The van der Waals surface area contributed by atoms with E-state index in [9.17, 15) is 8.42 Å². The van der Waals surface area contributed by atoms with Gasteiger partial charge in [-0.15, -0.1) is 0 Å². The molecule has 0 unspecified atom stereocenters. The van der Waals surface area contributed by atoms with E-state index in [1.54, 1.807) is 30.0 Å². The summed E-state index contributed by atoms with van der Waals surface area (Å²) in [7, 11) is -3.42. The number of rotatable bonds is 5. The lowest BCUT2D eigenvalue weighted by molar-refractivity contribution is 0.445. The van der Waals surface area contributed by atoms with E-state index in [1.165, 1.54) is 4.31 Å². The van der Waals surface area contributed by atoms with Gasteiger partial charge >= 0.3 is 0 Å². The quantitative estimate of drug-likeness (QED) is 0.903. The zero-order valence-corrected chi connectivity index (χ0v) is 14.2. The van der Waals surface area contributed by atoms with Crippen LogP contribution < -0.4 is 5.32 Å². The Morgan fingerprint density at radius 2 is 2.10 bits per heavy atom. The van der Waals surface area contributed by atoms with Crippen molar-refractivity contribution in [1.82, 2.24) is 4.31 Å². The van der Waals surface area contributed by atoms with Crippen LogP contribution in [0, 0.1) is 0 Å². The summed E-state index contributed by atoms with van der Waals surface area (Å²) in [6.07, 6.45) is 0. The number of anilines is 1. The molecule has 0 saturated carbocycles. The van der Waals surface area contributed by atoms with Crippen LogP contribution >= 0.6 is 11.8 Å². The minimum atomic E-state index is -3.42. The van der Waals surface area contributed by atoms with Crippen molar-refractivity contribution in [3.63, 3.8) is 0 Å². The van der Waals surface area contributed by atoms with Crippen LogP contribution in [0.4, 0.5) is 5.69 Å². The van der Waals surface area contributed by atoms with Gasteiger partial charge in [-0.3, -0.25) is 4.99 Å². The molecule has 5 nitrogen and oxygen atoms in total. The highest BCUT2D eigenvalue weighted by molar-refractivity contribution is 8.15. The van der Waals surface area contributed by atoms with Gasteiger partial charge in [-0.25, -0.2) is 8.42 Å². The second-order valence-electron chi connectivity index (χ2n) is 4.82. The van der Waals surface area contributed by atoms with Crippen LogP contribution in [0.3, 0.4) is 0 Å². The SMILES string of the molecule is CCN(CC)S(=O)(=O)c1cccc(NC2=NC[C@H](C)S2)c1. The highest BCUT2D eigenvalue weighted by Gasteiger charge is 2.22. The molecule has 116 valence electrons. The average molecular weight is 327 g/mol. The Kier molecular flexibility index (Phi) is 5.29. The van der Waals surface area contributed by atoms with Gasteiger partial charge in [-0.1, -0.05) is 38.6 Å². The van der Waals surface area contributed by atoms with Crippen molar-refractivity contribution in [3.05, 3.63) is 24.3 Å². The fourth-order valence-corrected chi connectivity index (χ4v) is 4.48. The minimum Gasteiger partial charge on any atom is -0.335 e. The van der Waals surface area contributed by atoms with Gasteiger partial charge in [0, 0.05) is 24.0 Å². The molecule has 0 bridgehead atoms. The molecular weight excluding hydrogens is 306 g/mol. The lowest BCUT2D eigenvalue weighted by Crippen LogP contribution is -2.30. The zero-order valence-electron chi connectivity index (χ0n) is 12.5. The van der Waals surface area contributed by atoms with Gasteiger partial charge in [0.05, 0.1) is 11.4 Å². The van der Waals surface area contributed by atoms with Crippen LogP contribution in [-0.4, -0.2) is 42.8 Å². The smallest absolute Gasteiger partial charge is 0.243 e. The van der Waals surface area contributed by atoms with Crippen LogP contribution in [0.25, 0.3) is 0 Å². The molecule has 0 saturated heterocycles. The van der Waals surface area contributed by atoms with Crippen molar-refractivity contribution >= 4 is 32.6 Å². The Labute approximate surface area is 130 Å². The maximum absolute atomic E-state index is 12.5. The normalized spacial score (nSPS) is 18.9. The van der Waals surface area contributed by atoms with Crippen molar-refractivity contribution in [1.29, 1.82) is 0 Å². The summed E-state index contributed by atoms with van der Waals surface area (Å²) in [6.45, 7) is 7.53. The molecule has 1 aromatic carbocycles. The van der Waals surface area contributed by atoms with E-state index in [2.05, 4.69) is 17.2 Å². The molecule has 1 aliphatic rings. The minimum absolute atomic E-state index is 0.313. The molecule has 1 atom stereocenters. The standard InChI is InChI=1S/C14H21N3O2S2/c1-4-17(5-2)21(18,19)13-8-6-7-12(9-13)16-14-15-10-11(3)20-14/h6-9,11H,4-5,10H2,1-3H3,(H,15,16)/t11-/m0/s1. The summed E-state index contributed by atoms with van der Waals surface area (Å²) in [4.78, 5) is 4.69. The molecule has 0 radical (unpaired) electrons. The van der Waals surface area contributed by atoms with E-state index < -0.39 is 10.0 Å². The van der Waals surface area contributed by atoms with Crippen molar-refractivity contribution in [2.45, 2.75) is 30.9 Å². The van der Waals surface area contributed by atoms with Crippen LogP contribution in [0.15, 0.2) is 34.2 Å². The van der Waals surface area contributed by atoms with Gasteiger partial charge in [0.2, 0.25) is 10.0 Å². The Hall–Kier alpha value is -1.05. The molecule has 1 aromatic rings. The first kappa shape index (κ1) is 16.3. The fraction of sp³-hybridized carbons (Fsp3) is 0.500. The molecule has 2 rings (SSSR count). The fourth-order valence-electron chi connectivity index (χ4n) is 2.12. The van der Waals surface area contributed by atoms with Gasteiger partial charge in [-0.2, -0.15) is 4.31 Å². The highest BCUT2D eigenvalue weighted by Crippen LogP contribution is 2.24. The molecule has 0 fully saturated rings. The summed E-state index contributed by atoms with van der Waals surface area (Å²) in [5.41, 5.74) is 0.753. The molecule has 1 N–H and O–H groups in total. The Balaban J connectivity index is 2.21. The Bertz CT molecular complexity index is 625. The van der Waals surface area contributed by atoms with Crippen LogP contribution in [-0.2, 0) is 10.0 Å². The molecule has 0 aliphatic carbocycles. The number of thioether (sulfide) groups is 1. The summed E-state index contributed by atoms with van der Waals surface area (Å²) >= 11 is 1.67. The molecule has 1 aliphatic heterocycles. The number of nitrogens with one attached hydrogen (secondary N) is 1. The first-order chi connectivity index (χ1) is 9.97. The maximum atomic E-state index is 12.5. The van der Waals surface area contributed by atoms with E-state index in [4.69, 9.17) is 0 Å². The topological polar surface area (TPSA) is 61.8 Å². The highest BCUT2D eigenvalue weighted by atomic mass is 32.2. The second-order valence-corrected chi connectivity index (χ2v) is 8.18. The lowest BCUT2D eigenvalue weighted by atomic mass is 10.3. The van der Waals surface area contributed by atoms with E-state index in [0.717, 1.165) is 17.4 Å². The maximum Gasteiger partial charge on any atom is 0.243 e. The Morgan fingerprint density at radius 1 is 1.38 bits per heavy atom. The first-order valence-corrected chi connectivity index (χ1v) is 9.37. The number of hydrogen-bond donors (Lipinski definition) is 1. The summed E-state index contributed by atoms with van der Waals surface area (Å²) in [6, 6.07) is 6.90. The predicted octanol–water partition coefficient (Wildman–Crippen LogP) is 2.62. The summed E-state index contributed by atoms with van der Waals surface area (Å²) in [5, 5.41) is 4.50. The summed E-state index contributed by atoms with van der Waals surface area (Å²) < 4.78 is 26.5. The number of hydrogen-bond acceptors (Lipinski definition) is 5. The number of nitrogens with zero attached hydrogens (tertiary/aromatic N) is 2. The van der Waals surface area contributed by atoms with E-state index >= 15 is 0 Å². The third kappa shape index (κ3) is 3.78. The Morgan fingerprint density at radius 3 is 2.67 bits per heavy atom. The van der Waals surface area contributed by atoms with Crippen molar-refractivity contribution in [3.8, 4) is 0 Å². The van der Waals surface area contributed by atoms with Crippen molar-refractivity contribution in [2.75, 3.05) is 25.0 Å². The van der Waals surface area contributed by atoms with Gasteiger partial charge in [0.1, 0.15) is 0 Å². The van der Waals surface area contributed by atoms with Gasteiger partial charge in [-0.05, 0) is 18.2 Å². The first-order valence-electron chi connectivity index (χ1n) is 7.05. The van der Waals surface area contributed by atoms with Crippen molar-refractivity contribution < 1.29 is 8.42 Å². The zero-order chi connectivity index (χ0) is 15.5. The monoisotopic (exact) mass is 327 g/mol. The molecule has 0 spiro atoms. The third-order valence-electron chi connectivity index (χ3n) is 3.23. The number of aliphatic imine (C=N–C) groups is 1. The van der Waals surface area contributed by atoms with Crippen LogP contribution in [0.2, 0.25) is 0 Å². The van der Waals surface area contributed by atoms with Gasteiger partial charge in [0.25, 0.3) is 0 Å². The number of sulfonamides is 1. The van der Waals surface area contributed by atoms with Gasteiger partial charge in [0.15, 0.2) is 5.17 Å². The van der Waals surface area contributed by atoms with E-state index in [-0.39, 0.29) is 0 Å². The molecule has 7 heteroatoms. The average Bonchev–Trinajstić information content (AvgIpc) is 2.85. The van der Waals surface area contributed by atoms with Gasteiger partial charge < -0.3 is 5.32 Å². The molecule has 0 aromatic heterocycles. The molecule has 0 amide bonds. The number of benzene rings is 1. The van der Waals surface area contributed by atoms with Crippen LogP contribution in [0.5, 0.6) is 0 Å². The van der Waals surface area contributed by atoms with E-state index in [0.29, 0.717) is 23.2 Å². The predicted molar refractivity (Wildman–Crippen MR) is 89.5 cm³/mol. The lowest BCUT2D eigenvalue weighted by Gasteiger charge is -2.19. The van der Waals surface area contributed by atoms with Crippen LogP contribution in [0.1, 0.15) is 20.8 Å². The largest absolute Gasteiger partial charge is 0.335 e. The third-order valence-corrected chi connectivity index (χ3v) is 6.29. The molecular formula is C14H21N3O2S2. The molecule has 1 heterocycles. The van der Waals surface area contributed by atoms with E-state index in [1.807, 2.05) is 19.9 Å². The molecule has 21 heavy (non-hydrogen) atoms. The summed E-state index contributed by atoms with van der Waals surface area (Å²) in [5.74, 6) is 0. The van der Waals surface area contributed by atoms with Crippen molar-refractivity contribution in [2.24, 2.45) is 4.99 Å². The second kappa shape index (κ2) is 6.81. The number of amidine groups is 1.